The smallest absolute Gasteiger partial charge is 0.224 e. The summed E-state index contributed by atoms with van der Waals surface area (Å²) in [4.78, 5) is 4.16. The lowest BCUT2D eigenvalue weighted by atomic mass is 10.4. The molecule has 2 nitrogen and oxygen atoms in total. The minimum atomic E-state index is 0.713. The molecule has 0 spiro atoms. The van der Waals surface area contributed by atoms with E-state index in [4.69, 9.17) is 4.74 Å². The first-order chi connectivity index (χ1) is 4.86. The molecule has 1 rings (SSSR count). The summed E-state index contributed by atoms with van der Waals surface area (Å²) in [7, 11) is 1.63. The number of rotatable bonds is 3. The predicted octanol–water partition coefficient (Wildman–Crippen LogP) is 2.11. The highest BCUT2D eigenvalue weighted by atomic mass is 32.1. The van der Waals surface area contributed by atoms with Crippen molar-refractivity contribution in [1.82, 2.24) is 4.98 Å². The molecule has 0 fully saturated rings. The lowest BCUT2D eigenvalue weighted by molar-refractivity contribution is 0.400. The van der Waals surface area contributed by atoms with Gasteiger partial charge in [0.15, 0.2) is 0 Å². The van der Waals surface area contributed by atoms with Gasteiger partial charge in [0.05, 0.1) is 12.5 Å². The summed E-state index contributed by atoms with van der Waals surface area (Å²) in [5.41, 5.74) is 0. The van der Waals surface area contributed by atoms with E-state index in [9.17, 15) is 0 Å². The van der Waals surface area contributed by atoms with Crippen LogP contribution in [-0.2, 0) is 0 Å². The Bertz CT molecular complexity index is 197. The van der Waals surface area contributed by atoms with Gasteiger partial charge in [-0.05, 0) is 6.42 Å². The molecule has 0 bridgehead atoms. The number of ether oxygens (including phenoxy) is 1. The summed E-state index contributed by atoms with van der Waals surface area (Å²) in [5, 5.41) is 2.95. The number of hydrogen-bond donors (Lipinski definition) is 0. The molecule has 1 radical (unpaired) electrons. The van der Waals surface area contributed by atoms with Crippen molar-refractivity contribution in [2.24, 2.45) is 0 Å². The van der Waals surface area contributed by atoms with Gasteiger partial charge in [-0.3, -0.25) is 0 Å². The number of hydrogen-bond acceptors (Lipinski definition) is 3. The fourth-order valence-electron chi connectivity index (χ4n) is 0.634. The maximum absolute atomic E-state index is 4.92. The second-order valence-corrected chi connectivity index (χ2v) is 2.73. The molecular formula is C7H10NOS. The van der Waals surface area contributed by atoms with E-state index in [1.807, 2.05) is 5.38 Å². The Morgan fingerprint density at radius 3 is 3.10 bits per heavy atom. The van der Waals surface area contributed by atoms with Gasteiger partial charge in [0.2, 0.25) is 5.88 Å². The zero-order valence-electron chi connectivity index (χ0n) is 6.13. The maximum atomic E-state index is 4.92. The van der Waals surface area contributed by atoms with E-state index >= 15 is 0 Å². The lowest BCUT2D eigenvalue weighted by Gasteiger charge is -1.88. The molecule has 1 aromatic rings. The van der Waals surface area contributed by atoms with Crippen LogP contribution in [0, 0.1) is 6.42 Å². The highest BCUT2D eigenvalue weighted by Crippen LogP contribution is 2.17. The van der Waals surface area contributed by atoms with Crippen LogP contribution in [-0.4, -0.2) is 12.1 Å². The second kappa shape index (κ2) is 3.56. The number of nitrogens with zero attached hydrogens (tertiary/aromatic N) is 1. The van der Waals surface area contributed by atoms with Crippen LogP contribution in [0.3, 0.4) is 0 Å². The van der Waals surface area contributed by atoms with Crippen molar-refractivity contribution < 1.29 is 4.74 Å². The quantitative estimate of drug-likeness (QED) is 0.668. The van der Waals surface area contributed by atoms with Crippen LogP contribution >= 0.6 is 11.3 Å². The monoisotopic (exact) mass is 156 g/mol. The third-order valence-corrected chi connectivity index (χ3v) is 1.91. The highest BCUT2D eigenvalue weighted by Gasteiger charge is 1.98. The topological polar surface area (TPSA) is 22.1 Å². The van der Waals surface area contributed by atoms with Crippen molar-refractivity contribution in [3.05, 3.63) is 16.8 Å². The van der Waals surface area contributed by atoms with Gasteiger partial charge < -0.3 is 4.74 Å². The van der Waals surface area contributed by atoms with E-state index in [2.05, 4.69) is 18.3 Å². The van der Waals surface area contributed by atoms with E-state index in [0.717, 1.165) is 11.4 Å². The molecule has 0 aliphatic carbocycles. The number of methoxy groups -OCH3 is 1. The largest absolute Gasteiger partial charge is 0.480 e. The summed E-state index contributed by atoms with van der Waals surface area (Å²) < 4.78 is 4.92. The third-order valence-electron chi connectivity index (χ3n) is 1.09. The SMILES string of the molecule is CC[CH]c1nc(OC)cs1. The van der Waals surface area contributed by atoms with Gasteiger partial charge in [-0.2, -0.15) is 0 Å². The lowest BCUT2D eigenvalue weighted by Crippen LogP contribution is -1.82. The second-order valence-electron chi connectivity index (χ2n) is 1.84. The standard InChI is InChI=1S/C7H10NOS/c1-3-4-7-8-6(9-2)5-10-7/h4-5H,3H2,1-2H3. The molecule has 0 atom stereocenters. The Balaban J connectivity index is 2.59. The van der Waals surface area contributed by atoms with Gasteiger partial charge >= 0.3 is 0 Å². The molecule has 1 heterocycles. The molecule has 55 valence electrons. The van der Waals surface area contributed by atoms with Crippen molar-refractivity contribution >= 4 is 11.3 Å². The average molecular weight is 156 g/mol. The van der Waals surface area contributed by atoms with Gasteiger partial charge in [-0.15, -0.1) is 11.3 Å². The Morgan fingerprint density at radius 2 is 2.60 bits per heavy atom. The zero-order valence-corrected chi connectivity index (χ0v) is 6.94. The first-order valence-corrected chi connectivity index (χ1v) is 4.07. The van der Waals surface area contributed by atoms with Crippen LogP contribution in [0.2, 0.25) is 0 Å². The van der Waals surface area contributed by atoms with E-state index in [1.54, 1.807) is 18.4 Å². The summed E-state index contributed by atoms with van der Waals surface area (Å²) in [6, 6.07) is 0. The predicted molar refractivity (Wildman–Crippen MR) is 42.4 cm³/mol. The first-order valence-electron chi connectivity index (χ1n) is 3.19. The van der Waals surface area contributed by atoms with E-state index in [-0.39, 0.29) is 0 Å². The molecule has 0 amide bonds. The summed E-state index contributed by atoms with van der Waals surface area (Å²) in [6.07, 6.45) is 3.10. The van der Waals surface area contributed by atoms with Crippen molar-refractivity contribution in [2.75, 3.05) is 7.11 Å². The van der Waals surface area contributed by atoms with Gasteiger partial charge in [0, 0.05) is 6.42 Å². The van der Waals surface area contributed by atoms with E-state index < -0.39 is 0 Å². The molecule has 0 N–H and O–H groups in total. The molecular weight excluding hydrogens is 146 g/mol. The van der Waals surface area contributed by atoms with Crippen LogP contribution < -0.4 is 4.74 Å². The fraction of sp³-hybridized carbons (Fsp3) is 0.429. The third kappa shape index (κ3) is 1.70. The van der Waals surface area contributed by atoms with Gasteiger partial charge in [0.1, 0.15) is 5.01 Å². The molecule has 1 aromatic heterocycles. The normalized spacial score (nSPS) is 9.80. The summed E-state index contributed by atoms with van der Waals surface area (Å²) in [6.45, 7) is 2.09. The van der Waals surface area contributed by atoms with Crippen LogP contribution in [0.1, 0.15) is 18.4 Å². The Morgan fingerprint density at radius 1 is 1.80 bits per heavy atom. The Labute approximate surface area is 64.9 Å². The Kier molecular flexibility index (Phi) is 2.68. The van der Waals surface area contributed by atoms with Crippen molar-refractivity contribution in [2.45, 2.75) is 13.3 Å². The first kappa shape index (κ1) is 7.54. The van der Waals surface area contributed by atoms with Crippen LogP contribution in [0.4, 0.5) is 0 Å². The minimum Gasteiger partial charge on any atom is -0.480 e. The van der Waals surface area contributed by atoms with Crippen molar-refractivity contribution in [1.29, 1.82) is 0 Å². The summed E-state index contributed by atoms with van der Waals surface area (Å²) >= 11 is 1.61. The van der Waals surface area contributed by atoms with Gasteiger partial charge in [-0.1, -0.05) is 6.92 Å². The minimum absolute atomic E-state index is 0.713. The fourth-order valence-corrected chi connectivity index (χ4v) is 1.41. The molecule has 0 unspecified atom stereocenters. The molecule has 3 heteroatoms. The highest BCUT2D eigenvalue weighted by molar-refractivity contribution is 7.10. The van der Waals surface area contributed by atoms with Crippen molar-refractivity contribution in [3.8, 4) is 5.88 Å². The average Bonchev–Trinajstić information content (AvgIpc) is 2.37. The molecule has 0 aliphatic rings. The number of aromatic nitrogens is 1. The van der Waals surface area contributed by atoms with Crippen LogP contribution in [0.15, 0.2) is 5.38 Å². The van der Waals surface area contributed by atoms with Gasteiger partial charge in [-0.25, -0.2) is 4.98 Å². The van der Waals surface area contributed by atoms with E-state index in [0.29, 0.717) is 5.88 Å². The van der Waals surface area contributed by atoms with Crippen LogP contribution in [0.25, 0.3) is 0 Å². The summed E-state index contributed by atoms with van der Waals surface area (Å²) in [5.74, 6) is 0.713. The molecule has 0 saturated carbocycles. The van der Waals surface area contributed by atoms with Gasteiger partial charge in [0.25, 0.3) is 0 Å². The molecule has 0 saturated heterocycles. The molecule has 0 aliphatic heterocycles. The maximum Gasteiger partial charge on any atom is 0.224 e. The van der Waals surface area contributed by atoms with Crippen molar-refractivity contribution in [3.63, 3.8) is 0 Å². The zero-order chi connectivity index (χ0) is 7.40. The number of thiazole rings is 1. The van der Waals surface area contributed by atoms with E-state index in [1.165, 1.54) is 0 Å². The van der Waals surface area contributed by atoms with Crippen LogP contribution in [0.5, 0.6) is 5.88 Å². The molecule has 10 heavy (non-hydrogen) atoms. The Hall–Kier alpha value is -0.570. The molecule has 0 aromatic carbocycles.